The zero-order valence-corrected chi connectivity index (χ0v) is 15.9. The van der Waals surface area contributed by atoms with Crippen molar-refractivity contribution < 1.29 is 4.57 Å². The van der Waals surface area contributed by atoms with Gasteiger partial charge in [0.25, 0.3) is 0 Å². The summed E-state index contributed by atoms with van der Waals surface area (Å²) in [7, 11) is 0. The van der Waals surface area contributed by atoms with Gasteiger partial charge in [-0.2, -0.15) is 4.57 Å². The van der Waals surface area contributed by atoms with Crippen molar-refractivity contribution in [1.82, 2.24) is 0 Å². The van der Waals surface area contributed by atoms with E-state index in [1.54, 1.807) is 0 Å². The van der Waals surface area contributed by atoms with Crippen molar-refractivity contribution in [2.75, 3.05) is 0 Å². The van der Waals surface area contributed by atoms with E-state index in [2.05, 4.69) is 115 Å². The van der Waals surface area contributed by atoms with Gasteiger partial charge in [0.1, 0.15) is 0 Å². The number of hydrogen-bond donors (Lipinski definition) is 0. The van der Waals surface area contributed by atoms with Gasteiger partial charge < -0.3 is 0 Å². The Hall–Kier alpha value is -3.19. The van der Waals surface area contributed by atoms with Crippen LogP contribution in [0, 0.1) is 13.8 Å². The van der Waals surface area contributed by atoms with E-state index in [-0.39, 0.29) is 0 Å². The van der Waals surface area contributed by atoms with Gasteiger partial charge in [0.15, 0.2) is 12.2 Å². The van der Waals surface area contributed by atoms with E-state index in [0.29, 0.717) is 0 Å². The fraction of sp³-hybridized carbons (Fsp3) is 0.115. The Kier molecular flexibility index (Phi) is 4.84. The van der Waals surface area contributed by atoms with Crippen molar-refractivity contribution in [3.05, 3.63) is 114 Å². The van der Waals surface area contributed by atoms with Crippen LogP contribution in [0.3, 0.4) is 0 Å². The second-order valence-corrected chi connectivity index (χ2v) is 7.07. The normalized spacial score (nSPS) is 10.7. The zero-order valence-electron chi connectivity index (χ0n) is 15.9. The molecule has 132 valence electrons. The number of rotatable bonds is 4. The fourth-order valence-electron chi connectivity index (χ4n) is 3.49. The maximum Gasteiger partial charge on any atom is 0.213 e. The number of aryl methyl sites for hydroxylation is 2. The fourth-order valence-corrected chi connectivity index (χ4v) is 3.49. The molecule has 0 bridgehead atoms. The van der Waals surface area contributed by atoms with Crippen molar-refractivity contribution in [2.24, 2.45) is 0 Å². The third-order valence-electron chi connectivity index (χ3n) is 5.01. The maximum atomic E-state index is 2.41. The molecule has 1 heteroatoms. The molecule has 1 aromatic heterocycles. The van der Waals surface area contributed by atoms with Crippen molar-refractivity contribution in [1.29, 1.82) is 0 Å². The summed E-state index contributed by atoms with van der Waals surface area (Å²) in [5, 5.41) is 0. The van der Waals surface area contributed by atoms with Gasteiger partial charge >= 0.3 is 0 Å². The highest BCUT2D eigenvalue weighted by Crippen LogP contribution is 2.25. The SMILES string of the molecule is Cc1ccc(C[n+]2c(C)cc(-c3ccccc3)cc2-c2ccccc2)cc1. The first kappa shape index (κ1) is 17.2. The quantitative estimate of drug-likeness (QED) is 0.399. The minimum atomic E-state index is 0.866. The van der Waals surface area contributed by atoms with Crippen LogP contribution in [0.15, 0.2) is 97.1 Å². The largest absolute Gasteiger partial charge is 0.213 e. The standard InChI is InChI=1S/C26H24N/c1-20-13-15-22(16-14-20)19-27-21(2)17-25(23-9-5-3-6-10-23)18-26(27)24-11-7-4-8-12-24/h3-18H,19H2,1-2H3/q+1. The third-order valence-corrected chi connectivity index (χ3v) is 5.01. The van der Waals surface area contributed by atoms with Crippen LogP contribution in [0.25, 0.3) is 22.4 Å². The van der Waals surface area contributed by atoms with Gasteiger partial charge in [0.05, 0.1) is 0 Å². The van der Waals surface area contributed by atoms with Crippen LogP contribution in [-0.4, -0.2) is 0 Å². The molecule has 0 fully saturated rings. The highest BCUT2D eigenvalue weighted by molar-refractivity contribution is 5.69. The highest BCUT2D eigenvalue weighted by atomic mass is 15.0. The minimum Gasteiger partial charge on any atom is -0.191 e. The van der Waals surface area contributed by atoms with Gasteiger partial charge in [-0.25, -0.2) is 0 Å². The van der Waals surface area contributed by atoms with E-state index < -0.39 is 0 Å². The molecule has 4 aromatic rings. The molecule has 0 amide bonds. The molecule has 0 radical (unpaired) electrons. The first-order chi connectivity index (χ1) is 13.2. The Labute approximate surface area is 161 Å². The van der Waals surface area contributed by atoms with Gasteiger partial charge in [-0.3, -0.25) is 0 Å². The van der Waals surface area contributed by atoms with E-state index in [4.69, 9.17) is 0 Å². The Morgan fingerprint density at radius 2 is 1.19 bits per heavy atom. The summed E-state index contributed by atoms with van der Waals surface area (Å²) in [6.07, 6.45) is 0. The molecule has 0 N–H and O–H groups in total. The molecular formula is C26H24N+. The molecule has 0 atom stereocenters. The lowest BCUT2D eigenvalue weighted by Gasteiger charge is -2.11. The van der Waals surface area contributed by atoms with Crippen LogP contribution in [-0.2, 0) is 6.54 Å². The van der Waals surface area contributed by atoms with Crippen molar-refractivity contribution >= 4 is 0 Å². The van der Waals surface area contributed by atoms with Gasteiger partial charge in [-0.15, -0.1) is 0 Å². The lowest BCUT2D eigenvalue weighted by atomic mass is 10.0. The Morgan fingerprint density at radius 3 is 1.81 bits per heavy atom. The second kappa shape index (κ2) is 7.59. The Morgan fingerprint density at radius 1 is 0.593 bits per heavy atom. The Bertz CT molecular complexity index is 1030. The molecule has 0 saturated carbocycles. The summed E-state index contributed by atoms with van der Waals surface area (Å²) >= 11 is 0. The summed E-state index contributed by atoms with van der Waals surface area (Å²) in [5.41, 5.74) is 8.87. The number of aromatic nitrogens is 1. The minimum absolute atomic E-state index is 0.866. The summed E-state index contributed by atoms with van der Waals surface area (Å²) in [5.74, 6) is 0. The van der Waals surface area contributed by atoms with Crippen molar-refractivity contribution in [3.8, 4) is 22.4 Å². The smallest absolute Gasteiger partial charge is 0.191 e. The summed E-state index contributed by atoms with van der Waals surface area (Å²) in [6.45, 7) is 5.20. The van der Waals surface area contributed by atoms with E-state index in [0.717, 1.165) is 6.54 Å². The molecule has 0 unspecified atom stereocenters. The molecule has 0 saturated heterocycles. The number of benzene rings is 3. The van der Waals surface area contributed by atoms with Gasteiger partial charge in [-0.1, -0.05) is 78.4 Å². The number of hydrogen-bond acceptors (Lipinski definition) is 0. The summed E-state index contributed by atoms with van der Waals surface area (Å²) in [6, 6.07) is 34.7. The van der Waals surface area contributed by atoms with Crippen LogP contribution in [0.2, 0.25) is 0 Å². The van der Waals surface area contributed by atoms with E-state index in [1.807, 2.05) is 0 Å². The summed E-state index contributed by atoms with van der Waals surface area (Å²) < 4.78 is 2.41. The molecule has 1 nitrogen and oxygen atoms in total. The molecule has 3 aromatic carbocycles. The monoisotopic (exact) mass is 350 g/mol. The maximum absolute atomic E-state index is 2.41. The van der Waals surface area contributed by atoms with Crippen LogP contribution in [0.1, 0.15) is 16.8 Å². The average Bonchev–Trinajstić information content (AvgIpc) is 2.72. The Balaban J connectivity index is 1.85. The number of pyridine rings is 1. The topological polar surface area (TPSA) is 3.88 Å². The molecule has 4 rings (SSSR count). The van der Waals surface area contributed by atoms with Crippen LogP contribution < -0.4 is 4.57 Å². The predicted octanol–water partition coefficient (Wildman–Crippen LogP) is 5.97. The molecular weight excluding hydrogens is 326 g/mol. The van der Waals surface area contributed by atoms with E-state index >= 15 is 0 Å². The van der Waals surface area contributed by atoms with Crippen molar-refractivity contribution in [2.45, 2.75) is 20.4 Å². The lowest BCUT2D eigenvalue weighted by molar-refractivity contribution is -0.683. The van der Waals surface area contributed by atoms with Gasteiger partial charge in [0.2, 0.25) is 5.69 Å². The molecule has 27 heavy (non-hydrogen) atoms. The predicted molar refractivity (Wildman–Crippen MR) is 113 cm³/mol. The highest BCUT2D eigenvalue weighted by Gasteiger charge is 2.19. The van der Waals surface area contributed by atoms with Gasteiger partial charge in [0, 0.05) is 30.2 Å². The van der Waals surface area contributed by atoms with Crippen LogP contribution in [0.5, 0.6) is 0 Å². The number of nitrogens with zero attached hydrogens (tertiary/aromatic N) is 1. The first-order valence-corrected chi connectivity index (χ1v) is 9.41. The molecule has 0 aliphatic carbocycles. The lowest BCUT2D eigenvalue weighted by Crippen LogP contribution is -2.40. The third kappa shape index (κ3) is 3.83. The van der Waals surface area contributed by atoms with Crippen molar-refractivity contribution in [3.63, 3.8) is 0 Å². The second-order valence-electron chi connectivity index (χ2n) is 7.07. The first-order valence-electron chi connectivity index (χ1n) is 9.41. The van der Waals surface area contributed by atoms with Crippen LogP contribution >= 0.6 is 0 Å². The zero-order chi connectivity index (χ0) is 18.6. The molecule has 0 aliphatic heterocycles. The molecule has 0 aliphatic rings. The summed E-state index contributed by atoms with van der Waals surface area (Å²) in [4.78, 5) is 0. The molecule has 0 spiro atoms. The van der Waals surface area contributed by atoms with Crippen LogP contribution in [0.4, 0.5) is 0 Å². The van der Waals surface area contributed by atoms with E-state index in [9.17, 15) is 0 Å². The average molecular weight is 350 g/mol. The van der Waals surface area contributed by atoms with Gasteiger partial charge in [-0.05, 0) is 30.2 Å². The molecule has 1 heterocycles. The van der Waals surface area contributed by atoms with E-state index in [1.165, 1.54) is 39.2 Å².